The molecule has 156 valence electrons. The molecule has 0 aliphatic heterocycles. The maximum Gasteiger partial charge on any atom is 0.250 e. The number of imidazole rings is 1. The van der Waals surface area contributed by atoms with E-state index in [-0.39, 0.29) is 11.7 Å². The van der Waals surface area contributed by atoms with Gasteiger partial charge in [0.2, 0.25) is 0 Å². The molecule has 1 amide bonds. The summed E-state index contributed by atoms with van der Waals surface area (Å²) in [5.74, 6) is 0.00643. The number of para-hydroxylation sites is 2. The van der Waals surface area contributed by atoms with Gasteiger partial charge in [0.25, 0.3) is 5.91 Å². The quantitative estimate of drug-likeness (QED) is 0.235. The van der Waals surface area contributed by atoms with Crippen molar-refractivity contribution in [1.29, 1.82) is 0 Å². The van der Waals surface area contributed by atoms with Crippen molar-refractivity contribution in [3.63, 3.8) is 0 Å². The second-order valence-corrected chi connectivity index (χ2v) is 8.31. The predicted molar refractivity (Wildman–Crippen MR) is 128 cm³/mol. The van der Waals surface area contributed by atoms with Gasteiger partial charge in [0, 0.05) is 10.6 Å². The highest BCUT2D eigenvalue weighted by atomic mass is 35.5. The van der Waals surface area contributed by atoms with Gasteiger partial charge in [-0.1, -0.05) is 84.0 Å². The fraction of sp³-hybridized carbons (Fsp3) is 0.125. The van der Waals surface area contributed by atoms with Crippen molar-refractivity contribution in [3.05, 3.63) is 95.0 Å². The molecule has 4 rings (SSSR count). The lowest BCUT2D eigenvalue weighted by Crippen LogP contribution is -2.21. The molecule has 0 fully saturated rings. The maximum absolute atomic E-state index is 12.4. The largest absolute Gasteiger partial charge is 0.314 e. The van der Waals surface area contributed by atoms with Crippen LogP contribution in [-0.4, -0.2) is 26.9 Å². The Labute approximate surface area is 190 Å². The molecular weight excluding hydrogens is 428 g/mol. The number of nitrogens with one attached hydrogen (secondary N) is 1. The average Bonchev–Trinajstić information content (AvgIpc) is 3.14. The van der Waals surface area contributed by atoms with Crippen LogP contribution in [0.5, 0.6) is 0 Å². The van der Waals surface area contributed by atoms with Crippen LogP contribution in [0.3, 0.4) is 0 Å². The number of nitrogens with zero attached hydrogens (tertiary/aromatic N) is 3. The fourth-order valence-corrected chi connectivity index (χ4v) is 4.28. The molecule has 0 radical (unpaired) electrons. The van der Waals surface area contributed by atoms with E-state index in [0.717, 1.165) is 21.8 Å². The maximum atomic E-state index is 12.4. The van der Waals surface area contributed by atoms with Crippen LogP contribution in [-0.2, 0) is 11.3 Å². The Balaban J connectivity index is 1.47. The Morgan fingerprint density at radius 3 is 2.55 bits per heavy atom. The van der Waals surface area contributed by atoms with Gasteiger partial charge in [-0.3, -0.25) is 4.79 Å². The van der Waals surface area contributed by atoms with E-state index in [4.69, 9.17) is 16.6 Å². The first-order valence-corrected chi connectivity index (χ1v) is 11.2. The number of rotatable bonds is 7. The van der Waals surface area contributed by atoms with Gasteiger partial charge >= 0.3 is 0 Å². The zero-order chi connectivity index (χ0) is 21.6. The zero-order valence-corrected chi connectivity index (χ0v) is 18.5. The summed E-state index contributed by atoms with van der Waals surface area (Å²) in [6.07, 6.45) is 0. The summed E-state index contributed by atoms with van der Waals surface area (Å²) in [5.41, 5.74) is 7.19. The highest BCUT2D eigenvalue weighted by molar-refractivity contribution is 7.99. The molecule has 0 unspecified atom stereocenters. The molecule has 3 aromatic carbocycles. The Bertz CT molecular complexity index is 1240. The van der Waals surface area contributed by atoms with E-state index in [2.05, 4.69) is 27.2 Å². The first-order valence-electron chi connectivity index (χ1n) is 9.82. The number of hydrogen-bond acceptors (Lipinski definition) is 4. The number of hydrogen-bond donors (Lipinski definition) is 1. The van der Waals surface area contributed by atoms with Crippen molar-refractivity contribution in [1.82, 2.24) is 15.0 Å². The molecule has 4 aromatic rings. The number of benzene rings is 3. The minimum atomic E-state index is -0.199. The summed E-state index contributed by atoms with van der Waals surface area (Å²) in [5, 5.41) is 5.59. The lowest BCUT2D eigenvalue weighted by molar-refractivity contribution is -0.118. The molecule has 0 spiro atoms. The second kappa shape index (κ2) is 9.81. The number of carbonyl (C=O) groups is 1. The molecule has 0 saturated carbocycles. The van der Waals surface area contributed by atoms with Crippen molar-refractivity contribution in [2.45, 2.75) is 18.6 Å². The summed E-state index contributed by atoms with van der Waals surface area (Å²) >= 11 is 7.58. The topological polar surface area (TPSA) is 59.3 Å². The van der Waals surface area contributed by atoms with E-state index >= 15 is 0 Å². The van der Waals surface area contributed by atoms with Gasteiger partial charge in [0.05, 0.1) is 29.0 Å². The molecule has 0 saturated heterocycles. The van der Waals surface area contributed by atoms with E-state index in [9.17, 15) is 4.79 Å². The molecule has 0 aliphatic carbocycles. The van der Waals surface area contributed by atoms with E-state index in [1.807, 2.05) is 67.6 Å². The fourth-order valence-electron chi connectivity index (χ4n) is 3.21. The lowest BCUT2D eigenvalue weighted by atomic mass is 10.1. The average molecular weight is 449 g/mol. The number of carbonyl (C=O) groups excluding carboxylic acids is 1. The standard InChI is InChI=1S/C24H21ClN4OS/c1-17(19-11-5-6-12-20(19)25)27-28-23(30)16-31-24-26-21-13-7-8-14-22(21)29(24)15-18-9-3-2-4-10-18/h2-14H,15-16H2,1H3,(H,28,30). The Kier molecular flexibility index (Phi) is 6.70. The van der Waals surface area contributed by atoms with E-state index in [1.54, 1.807) is 6.07 Å². The van der Waals surface area contributed by atoms with Gasteiger partial charge < -0.3 is 4.57 Å². The van der Waals surface area contributed by atoms with Crippen LogP contribution in [0.25, 0.3) is 11.0 Å². The third-order valence-electron chi connectivity index (χ3n) is 4.75. The summed E-state index contributed by atoms with van der Waals surface area (Å²) in [6, 6.07) is 25.6. The minimum Gasteiger partial charge on any atom is -0.314 e. The lowest BCUT2D eigenvalue weighted by Gasteiger charge is -2.09. The van der Waals surface area contributed by atoms with E-state index < -0.39 is 0 Å². The van der Waals surface area contributed by atoms with Crippen LogP contribution in [0.15, 0.2) is 89.1 Å². The Hall–Kier alpha value is -3.09. The van der Waals surface area contributed by atoms with Crippen LogP contribution >= 0.6 is 23.4 Å². The third-order valence-corrected chi connectivity index (χ3v) is 6.05. The highest BCUT2D eigenvalue weighted by Gasteiger charge is 2.13. The normalized spacial score (nSPS) is 11.6. The Morgan fingerprint density at radius 1 is 1.03 bits per heavy atom. The third kappa shape index (κ3) is 5.16. The van der Waals surface area contributed by atoms with Gasteiger partial charge in [0.15, 0.2) is 5.16 Å². The van der Waals surface area contributed by atoms with E-state index in [0.29, 0.717) is 17.3 Å². The van der Waals surface area contributed by atoms with Gasteiger partial charge in [-0.2, -0.15) is 5.10 Å². The van der Waals surface area contributed by atoms with Crippen LogP contribution < -0.4 is 5.43 Å². The van der Waals surface area contributed by atoms with Crippen LogP contribution in [0, 0.1) is 0 Å². The van der Waals surface area contributed by atoms with Crippen molar-refractivity contribution >= 4 is 46.0 Å². The molecule has 5 nitrogen and oxygen atoms in total. The first-order chi connectivity index (χ1) is 15.1. The minimum absolute atomic E-state index is 0.199. The van der Waals surface area contributed by atoms with E-state index in [1.165, 1.54) is 17.3 Å². The molecule has 1 aromatic heterocycles. The summed E-state index contributed by atoms with van der Waals surface area (Å²) in [4.78, 5) is 17.1. The van der Waals surface area contributed by atoms with Crippen molar-refractivity contribution in [2.75, 3.05) is 5.75 Å². The molecule has 1 N–H and O–H groups in total. The molecule has 0 aliphatic rings. The molecular formula is C24H21ClN4OS. The van der Waals surface area contributed by atoms with Crippen molar-refractivity contribution in [3.8, 4) is 0 Å². The Morgan fingerprint density at radius 2 is 1.74 bits per heavy atom. The zero-order valence-electron chi connectivity index (χ0n) is 17.0. The van der Waals surface area contributed by atoms with Crippen molar-refractivity contribution in [2.24, 2.45) is 5.10 Å². The van der Waals surface area contributed by atoms with Crippen LogP contribution in [0.1, 0.15) is 18.1 Å². The van der Waals surface area contributed by atoms with Crippen LogP contribution in [0.2, 0.25) is 5.02 Å². The van der Waals surface area contributed by atoms with Gasteiger partial charge in [-0.25, -0.2) is 10.4 Å². The number of hydrazone groups is 1. The number of amides is 1. The number of halogens is 1. The predicted octanol–water partition coefficient (Wildman–Crippen LogP) is 5.37. The highest BCUT2D eigenvalue weighted by Crippen LogP contribution is 2.25. The summed E-state index contributed by atoms with van der Waals surface area (Å²) in [7, 11) is 0. The summed E-state index contributed by atoms with van der Waals surface area (Å²) < 4.78 is 2.14. The summed E-state index contributed by atoms with van der Waals surface area (Å²) in [6.45, 7) is 2.50. The van der Waals surface area contributed by atoms with Crippen molar-refractivity contribution < 1.29 is 4.79 Å². The molecule has 7 heteroatoms. The van der Waals surface area contributed by atoms with Gasteiger partial charge in [0.1, 0.15) is 0 Å². The molecule has 0 atom stereocenters. The van der Waals surface area contributed by atoms with Gasteiger partial charge in [-0.05, 0) is 30.7 Å². The molecule has 0 bridgehead atoms. The number of aromatic nitrogens is 2. The second-order valence-electron chi connectivity index (χ2n) is 6.96. The number of thioether (sulfide) groups is 1. The molecule has 1 heterocycles. The molecule has 31 heavy (non-hydrogen) atoms. The van der Waals surface area contributed by atoms with Crippen LogP contribution in [0.4, 0.5) is 0 Å². The smallest absolute Gasteiger partial charge is 0.250 e. The monoisotopic (exact) mass is 448 g/mol. The SMILES string of the molecule is CC(=NNC(=O)CSc1nc2ccccc2n1Cc1ccccc1)c1ccccc1Cl. The van der Waals surface area contributed by atoms with Gasteiger partial charge in [-0.15, -0.1) is 0 Å². The number of fused-ring (bicyclic) bond motifs is 1. The first kappa shape index (κ1) is 21.2.